The van der Waals surface area contributed by atoms with Crippen molar-refractivity contribution in [2.45, 2.75) is 23.3 Å². The van der Waals surface area contributed by atoms with Crippen molar-refractivity contribution in [1.82, 2.24) is 24.7 Å². The fourth-order valence-electron chi connectivity index (χ4n) is 2.65. The molecule has 0 bridgehead atoms. The number of hydrogen-bond acceptors (Lipinski definition) is 6. The summed E-state index contributed by atoms with van der Waals surface area (Å²) in [7, 11) is 1.29. The number of rotatable bonds is 3. The molecule has 3 aromatic heterocycles. The number of hydrogen-bond donors (Lipinski definition) is 0. The summed E-state index contributed by atoms with van der Waals surface area (Å²) >= 11 is 2.53. The Bertz CT molecular complexity index is 1120. The minimum atomic E-state index is -4.56. The van der Waals surface area contributed by atoms with Crippen LogP contribution in [-0.4, -0.2) is 24.7 Å². The summed E-state index contributed by atoms with van der Waals surface area (Å²) in [5.74, 6) is -0.495. The van der Waals surface area contributed by atoms with Crippen molar-refractivity contribution in [3.05, 3.63) is 47.4 Å². The second-order valence-corrected chi connectivity index (χ2v) is 7.55. The highest BCUT2D eigenvalue weighted by Crippen LogP contribution is 2.40. The maximum Gasteiger partial charge on any atom is 0.451 e. The SMILES string of the molecule is Cc1nc(Sc2nnc(C(F)(F)F)n2C)c2c(-c3ccccc3)csc2n1. The van der Waals surface area contributed by atoms with Crippen LogP contribution in [0.1, 0.15) is 11.6 Å². The molecule has 0 fully saturated rings. The summed E-state index contributed by atoms with van der Waals surface area (Å²) in [6.45, 7) is 1.75. The van der Waals surface area contributed by atoms with Gasteiger partial charge in [-0.2, -0.15) is 13.2 Å². The summed E-state index contributed by atoms with van der Waals surface area (Å²) in [4.78, 5) is 9.71. The highest BCUT2D eigenvalue weighted by molar-refractivity contribution is 7.99. The van der Waals surface area contributed by atoms with E-state index in [1.54, 1.807) is 6.92 Å². The lowest BCUT2D eigenvalue weighted by molar-refractivity contribution is -0.147. The zero-order valence-corrected chi connectivity index (χ0v) is 15.8. The van der Waals surface area contributed by atoms with Crippen molar-refractivity contribution in [3.63, 3.8) is 0 Å². The Kier molecular flexibility index (Phi) is 4.39. The van der Waals surface area contributed by atoms with Gasteiger partial charge in [0.25, 0.3) is 0 Å². The largest absolute Gasteiger partial charge is 0.451 e. The molecule has 0 amide bonds. The predicted octanol–water partition coefficient (Wildman–Crippen LogP) is 4.97. The molecule has 1 aromatic carbocycles. The summed E-state index contributed by atoms with van der Waals surface area (Å²) < 4.78 is 39.9. The molecule has 27 heavy (non-hydrogen) atoms. The number of nitrogens with zero attached hydrogens (tertiary/aromatic N) is 5. The molecule has 0 aliphatic rings. The van der Waals surface area contributed by atoms with Crippen LogP contribution in [0.4, 0.5) is 13.2 Å². The van der Waals surface area contributed by atoms with E-state index in [0.717, 1.165) is 37.7 Å². The molecule has 0 aliphatic heterocycles. The Labute approximate surface area is 160 Å². The van der Waals surface area contributed by atoms with E-state index in [2.05, 4.69) is 20.2 Å². The number of alkyl halides is 3. The van der Waals surface area contributed by atoms with E-state index in [-0.39, 0.29) is 5.16 Å². The normalized spacial score (nSPS) is 12.0. The first-order chi connectivity index (χ1) is 12.8. The minimum Gasteiger partial charge on any atom is -0.301 e. The van der Waals surface area contributed by atoms with Gasteiger partial charge < -0.3 is 4.57 Å². The number of thiophene rings is 1. The van der Waals surface area contributed by atoms with Gasteiger partial charge in [0.2, 0.25) is 5.82 Å². The first-order valence-corrected chi connectivity index (χ1v) is 9.50. The number of benzene rings is 1. The molecule has 0 saturated carbocycles. The smallest absolute Gasteiger partial charge is 0.301 e. The van der Waals surface area contributed by atoms with Crippen LogP contribution < -0.4 is 0 Å². The Morgan fingerprint density at radius 2 is 1.81 bits per heavy atom. The molecule has 3 heterocycles. The van der Waals surface area contributed by atoms with E-state index < -0.39 is 12.0 Å². The van der Waals surface area contributed by atoms with Crippen molar-refractivity contribution < 1.29 is 13.2 Å². The van der Waals surface area contributed by atoms with E-state index in [4.69, 9.17) is 0 Å². The van der Waals surface area contributed by atoms with E-state index >= 15 is 0 Å². The van der Waals surface area contributed by atoms with Gasteiger partial charge in [0, 0.05) is 18.0 Å². The first-order valence-electron chi connectivity index (χ1n) is 7.80. The fourth-order valence-corrected chi connectivity index (χ4v) is 4.67. The lowest BCUT2D eigenvalue weighted by Gasteiger charge is -2.08. The van der Waals surface area contributed by atoms with Gasteiger partial charge in [0.15, 0.2) is 5.16 Å². The Morgan fingerprint density at radius 3 is 2.48 bits per heavy atom. The summed E-state index contributed by atoms with van der Waals surface area (Å²) in [6, 6.07) is 9.73. The quantitative estimate of drug-likeness (QED) is 0.449. The zero-order valence-electron chi connectivity index (χ0n) is 14.2. The molecule has 5 nitrogen and oxygen atoms in total. The number of fused-ring (bicyclic) bond motifs is 1. The van der Waals surface area contributed by atoms with Crippen molar-refractivity contribution in [3.8, 4) is 11.1 Å². The lowest BCUT2D eigenvalue weighted by atomic mass is 10.1. The molecular weight excluding hydrogens is 395 g/mol. The second kappa shape index (κ2) is 6.61. The molecule has 0 aliphatic carbocycles. The minimum absolute atomic E-state index is 0.118. The molecule has 4 rings (SSSR count). The van der Waals surface area contributed by atoms with Crippen molar-refractivity contribution in [1.29, 1.82) is 0 Å². The predicted molar refractivity (Wildman–Crippen MR) is 97.7 cm³/mol. The van der Waals surface area contributed by atoms with Crippen LogP contribution in [0.15, 0.2) is 45.9 Å². The lowest BCUT2D eigenvalue weighted by Crippen LogP contribution is -2.12. The molecule has 0 saturated heterocycles. The van der Waals surface area contributed by atoms with E-state index in [0.29, 0.717) is 10.9 Å². The standard InChI is InChI=1S/C17H12F3N5S2/c1-9-21-13-12(11(8-26-13)10-6-4-3-5-7-10)14(22-9)27-16-24-23-15(25(16)2)17(18,19)20/h3-8H,1-2H3. The Morgan fingerprint density at radius 1 is 1.07 bits per heavy atom. The monoisotopic (exact) mass is 407 g/mol. The molecule has 4 aromatic rings. The molecule has 0 N–H and O–H groups in total. The topological polar surface area (TPSA) is 56.5 Å². The van der Waals surface area contributed by atoms with Crippen LogP contribution in [0.5, 0.6) is 0 Å². The van der Waals surface area contributed by atoms with Gasteiger partial charge in [-0.05, 0) is 24.2 Å². The van der Waals surface area contributed by atoms with Gasteiger partial charge in [-0.15, -0.1) is 21.5 Å². The fraction of sp³-hybridized carbons (Fsp3) is 0.176. The van der Waals surface area contributed by atoms with Gasteiger partial charge >= 0.3 is 6.18 Å². The van der Waals surface area contributed by atoms with Crippen LogP contribution in [0.3, 0.4) is 0 Å². The van der Waals surface area contributed by atoms with Crippen LogP contribution in [0.25, 0.3) is 21.3 Å². The van der Waals surface area contributed by atoms with Crippen LogP contribution in [-0.2, 0) is 13.2 Å². The van der Waals surface area contributed by atoms with Gasteiger partial charge in [0.1, 0.15) is 15.7 Å². The number of aromatic nitrogens is 5. The maximum absolute atomic E-state index is 13.0. The molecule has 0 atom stereocenters. The van der Waals surface area contributed by atoms with Crippen molar-refractivity contribution >= 4 is 33.3 Å². The third-order valence-corrected chi connectivity index (χ3v) is 5.77. The summed E-state index contributed by atoms with van der Waals surface area (Å²) in [5.41, 5.74) is 1.93. The average Bonchev–Trinajstić information content (AvgIpc) is 3.19. The Balaban J connectivity index is 1.85. The highest BCUT2D eigenvalue weighted by Gasteiger charge is 2.37. The average molecular weight is 407 g/mol. The van der Waals surface area contributed by atoms with E-state index in [1.165, 1.54) is 18.4 Å². The van der Waals surface area contributed by atoms with Crippen LogP contribution >= 0.6 is 23.1 Å². The third kappa shape index (κ3) is 3.30. The second-order valence-electron chi connectivity index (χ2n) is 5.74. The van der Waals surface area contributed by atoms with Crippen molar-refractivity contribution in [2.24, 2.45) is 7.05 Å². The first kappa shape index (κ1) is 17.9. The van der Waals surface area contributed by atoms with Crippen LogP contribution in [0.2, 0.25) is 0 Å². The van der Waals surface area contributed by atoms with E-state index in [1.807, 2.05) is 35.7 Å². The molecule has 138 valence electrons. The Hall–Kier alpha value is -2.46. The molecule has 0 radical (unpaired) electrons. The zero-order chi connectivity index (χ0) is 19.2. The van der Waals surface area contributed by atoms with Crippen molar-refractivity contribution in [2.75, 3.05) is 0 Å². The van der Waals surface area contributed by atoms with Gasteiger partial charge in [-0.3, -0.25) is 0 Å². The molecule has 0 spiro atoms. The highest BCUT2D eigenvalue weighted by atomic mass is 32.2. The van der Waals surface area contributed by atoms with Gasteiger partial charge in [-0.25, -0.2) is 9.97 Å². The number of halogens is 3. The molecular formula is C17H12F3N5S2. The van der Waals surface area contributed by atoms with E-state index in [9.17, 15) is 13.2 Å². The summed E-state index contributed by atoms with van der Waals surface area (Å²) in [5, 5.41) is 10.4. The van der Waals surface area contributed by atoms with Gasteiger partial charge in [-0.1, -0.05) is 30.3 Å². The van der Waals surface area contributed by atoms with Crippen LogP contribution in [0, 0.1) is 6.92 Å². The molecule has 0 unspecified atom stereocenters. The molecule has 10 heteroatoms. The summed E-state index contributed by atoms with van der Waals surface area (Å²) in [6.07, 6.45) is -4.56. The van der Waals surface area contributed by atoms with Gasteiger partial charge in [0.05, 0.1) is 5.39 Å². The number of aryl methyl sites for hydroxylation is 1. The third-order valence-electron chi connectivity index (χ3n) is 3.87. The maximum atomic E-state index is 13.0.